The predicted molar refractivity (Wildman–Crippen MR) is 108 cm³/mol. The normalized spacial score (nSPS) is 14.4. The number of hydrogen-bond acceptors (Lipinski definition) is 3. The van der Waals surface area contributed by atoms with Crippen LogP contribution in [0.25, 0.3) is 22.7 Å². The van der Waals surface area contributed by atoms with Crippen LogP contribution in [0.2, 0.25) is 0 Å². The van der Waals surface area contributed by atoms with Gasteiger partial charge in [0.05, 0.1) is 17.5 Å². The van der Waals surface area contributed by atoms with Crippen LogP contribution in [0.5, 0.6) is 0 Å². The van der Waals surface area contributed by atoms with E-state index in [1.165, 1.54) is 0 Å². The second kappa shape index (κ2) is 7.56. The molecule has 0 spiro atoms. The summed E-state index contributed by atoms with van der Waals surface area (Å²) in [6.45, 7) is 1.53. The molecule has 3 heterocycles. The summed E-state index contributed by atoms with van der Waals surface area (Å²) in [5.74, 6) is -1.01. The molecule has 2 aromatic heterocycles. The van der Waals surface area contributed by atoms with Crippen molar-refractivity contribution in [1.82, 2.24) is 14.9 Å². The smallest absolute Gasteiger partial charge is 0.336 e. The summed E-state index contributed by atoms with van der Waals surface area (Å²) in [4.78, 5) is 33.2. The number of aliphatic carboxylic acids is 1. The van der Waals surface area contributed by atoms with Gasteiger partial charge in [-0.25, -0.2) is 14.6 Å². The summed E-state index contributed by atoms with van der Waals surface area (Å²) in [5, 5.41) is 13.3. The van der Waals surface area contributed by atoms with Gasteiger partial charge < -0.3 is 20.3 Å². The van der Waals surface area contributed by atoms with E-state index in [4.69, 9.17) is 0 Å². The van der Waals surface area contributed by atoms with E-state index < -0.39 is 5.97 Å². The van der Waals surface area contributed by atoms with Crippen molar-refractivity contribution in [3.05, 3.63) is 59.9 Å². The molecule has 1 aliphatic heterocycles. The van der Waals surface area contributed by atoms with Crippen LogP contribution in [0, 0.1) is 0 Å². The Morgan fingerprint density at radius 3 is 2.64 bits per heavy atom. The van der Waals surface area contributed by atoms with Crippen molar-refractivity contribution >= 4 is 40.4 Å². The van der Waals surface area contributed by atoms with Crippen molar-refractivity contribution in [1.29, 1.82) is 0 Å². The number of aromatic amines is 1. The monoisotopic (exact) mass is 376 g/mol. The van der Waals surface area contributed by atoms with Crippen LogP contribution in [0.4, 0.5) is 10.5 Å². The van der Waals surface area contributed by atoms with E-state index in [9.17, 15) is 14.7 Å². The van der Waals surface area contributed by atoms with E-state index >= 15 is 0 Å². The van der Waals surface area contributed by atoms with Crippen molar-refractivity contribution in [3.63, 3.8) is 0 Å². The fraction of sp³-hybridized carbons (Fsp3) is 0.190. The van der Waals surface area contributed by atoms with Gasteiger partial charge in [-0.3, -0.25) is 0 Å². The van der Waals surface area contributed by atoms with Crippen molar-refractivity contribution in [2.45, 2.75) is 12.8 Å². The minimum Gasteiger partial charge on any atom is -0.478 e. The third kappa shape index (κ3) is 3.59. The van der Waals surface area contributed by atoms with Crippen molar-refractivity contribution in [2.24, 2.45) is 0 Å². The highest BCUT2D eigenvalue weighted by Crippen LogP contribution is 2.26. The second-order valence-corrected chi connectivity index (χ2v) is 6.72. The van der Waals surface area contributed by atoms with Crippen molar-refractivity contribution in [2.75, 3.05) is 18.4 Å². The Kier molecular flexibility index (Phi) is 4.80. The number of H-pyrrole nitrogens is 1. The number of rotatable bonds is 4. The van der Waals surface area contributed by atoms with E-state index in [0.29, 0.717) is 22.5 Å². The molecule has 3 aromatic rings. The molecule has 0 unspecified atom stereocenters. The first-order valence-electron chi connectivity index (χ1n) is 9.15. The maximum Gasteiger partial charge on any atom is 0.336 e. The lowest BCUT2D eigenvalue weighted by Gasteiger charge is -2.16. The number of amides is 2. The number of pyridine rings is 1. The molecule has 2 amide bonds. The Balaban J connectivity index is 1.67. The van der Waals surface area contributed by atoms with E-state index in [1.807, 2.05) is 12.1 Å². The van der Waals surface area contributed by atoms with Crippen LogP contribution < -0.4 is 5.32 Å². The Hall–Kier alpha value is -3.61. The molecule has 1 aliphatic rings. The number of carboxylic acids is 1. The Morgan fingerprint density at radius 2 is 1.93 bits per heavy atom. The largest absolute Gasteiger partial charge is 0.478 e. The molecule has 7 nitrogen and oxygen atoms in total. The van der Waals surface area contributed by atoms with Gasteiger partial charge in [-0.05, 0) is 30.5 Å². The van der Waals surface area contributed by atoms with Crippen LogP contribution in [-0.2, 0) is 4.79 Å². The quantitative estimate of drug-likeness (QED) is 0.603. The fourth-order valence-corrected chi connectivity index (χ4v) is 3.38. The van der Waals surface area contributed by atoms with Crippen molar-refractivity contribution < 1.29 is 14.7 Å². The highest BCUT2D eigenvalue weighted by molar-refractivity contribution is 6.21. The molecule has 0 atom stereocenters. The topological polar surface area (TPSA) is 98.3 Å². The van der Waals surface area contributed by atoms with E-state index in [2.05, 4.69) is 15.3 Å². The number of hydrogen-bond donors (Lipinski definition) is 3. The highest BCUT2D eigenvalue weighted by atomic mass is 16.4. The van der Waals surface area contributed by atoms with E-state index in [0.717, 1.165) is 31.3 Å². The van der Waals surface area contributed by atoms with E-state index in [-0.39, 0.29) is 11.6 Å². The number of benzene rings is 1. The minimum atomic E-state index is -1.01. The van der Waals surface area contributed by atoms with Crippen LogP contribution in [-0.4, -0.2) is 45.1 Å². The zero-order chi connectivity index (χ0) is 19.5. The van der Waals surface area contributed by atoms with Gasteiger partial charge >= 0.3 is 12.0 Å². The molecule has 4 rings (SSSR count). The number of fused-ring (bicyclic) bond motifs is 1. The third-order valence-corrected chi connectivity index (χ3v) is 4.82. The van der Waals surface area contributed by atoms with Crippen molar-refractivity contribution in [3.8, 4) is 0 Å². The SMILES string of the molecule is O=C(O)/C(=C\c1c[nH]c2ncc(NC(=O)N3CCCC3)cc12)c1ccccc1. The number of carbonyl (C=O) groups excluding carboxylic acids is 1. The number of aromatic nitrogens is 2. The maximum absolute atomic E-state index is 12.3. The summed E-state index contributed by atoms with van der Waals surface area (Å²) in [6, 6.07) is 10.6. The Labute approximate surface area is 161 Å². The zero-order valence-electron chi connectivity index (χ0n) is 15.2. The molecule has 142 valence electrons. The minimum absolute atomic E-state index is 0.137. The van der Waals surface area contributed by atoms with Gasteiger partial charge in [-0.15, -0.1) is 0 Å². The number of nitrogens with one attached hydrogen (secondary N) is 2. The van der Waals surface area contributed by atoms with Crippen LogP contribution in [0.15, 0.2) is 48.8 Å². The number of nitrogens with zero attached hydrogens (tertiary/aromatic N) is 2. The average Bonchev–Trinajstić information content (AvgIpc) is 3.37. The Bertz CT molecular complexity index is 1050. The lowest BCUT2D eigenvalue weighted by atomic mass is 10.0. The van der Waals surface area contributed by atoms with Gasteiger partial charge in [-0.1, -0.05) is 30.3 Å². The molecule has 3 N–H and O–H groups in total. The number of urea groups is 1. The summed E-state index contributed by atoms with van der Waals surface area (Å²) < 4.78 is 0. The van der Waals surface area contributed by atoms with Gasteiger partial charge in [0.25, 0.3) is 0 Å². The summed E-state index contributed by atoms with van der Waals surface area (Å²) in [7, 11) is 0. The summed E-state index contributed by atoms with van der Waals surface area (Å²) in [5.41, 5.74) is 2.71. The van der Waals surface area contributed by atoms with Crippen LogP contribution in [0.3, 0.4) is 0 Å². The molecule has 1 aromatic carbocycles. The van der Waals surface area contributed by atoms with Gasteiger partial charge in [0.2, 0.25) is 0 Å². The number of carboxylic acid groups (broad SMARTS) is 1. The third-order valence-electron chi connectivity index (χ3n) is 4.82. The van der Waals surface area contributed by atoms with Crippen LogP contribution in [0.1, 0.15) is 24.0 Å². The molecule has 0 saturated carbocycles. The first-order valence-corrected chi connectivity index (χ1v) is 9.15. The van der Waals surface area contributed by atoms with Gasteiger partial charge in [-0.2, -0.15) is 0 Å². The molecule has 0 aliphatic carbocycles. The summed E-state index contributed by atoms with van der Waals surface area (Å²) in [6.07, 6.45) is 6.97. The molecular weight excluding hydrogens is 356 g/mol. The molecule has 0 bridgehead atoms. The zero-order valence-corrected chi connectivity index (χ0v) is 15.2. The van der Waals surface area contributed by atoms with Crippen LogP contribution >= 0.6 is 0 Å². The standard InChI is InChI=1S/C21H20N4O3/c26-20(27)18(14-6-2-1-3-7-14)10-15-12-22-19-17(15)11-16(13-23-19)24-21(28)25-8-4-5-9-25/h1-3,6-7,10-13H,4-5,8-9H2,(H,22,23)(H,24,28)(H,26,27)/b18-10-. The predicted octanol–water partition coefficient (Wildman–Crippen LogP) is 3.82. The molecule has 28 heavy (non-hydrogen) atoms. The number of carbonyl (C=O) groups is 2. The average molecular weight is 376 g/mol. The molecule has 1 saturated heterocycles. The molecular formula is C21H20N4O3. The first-order chi connectivity index (χ1) is 13.6. The Morgan fingerprint density at radius 1 is 1.18 bits per heavy atom. The maximum atomic E-state index is 12.3. The molecule has 0 radical (unpaired) electrons. The fourth-order valence-electron chi connectivity index (χ4n) is 3.38. The molecule has 7 heteroatoms. The first kappa shape index (κ1) is 17.8. The lowest BCUT2D eigenvalue weighted by molar-refractivity contribution is -0.130. The molecule has 1 fully saturated rings. The van der Waals surface area contributed by atoms with E-state index in [1.54, 1.807) is 47.6 Å². The number of anilines is 1. The number of likely N-dealkylation sites (tertiary alicyclic amines) is 1. The van der Waals surface area contributed by atoms with Gasteiger partial charge in [0.1, 0.15) is 5.65 Å². The summed E-state index contributed by atoms with van der Waals surface area (Å²) >= 11 is 0. The van der Waals surface area contributed by atoms with Gasteiger partial charge in [0, 0.05) is 30.2 Å². The second-order valence-electron chi connectivity index (χ2n) is 6.72. The van der Waals surface area contributed by atoms with Gasteiger partial charge in [0.15, 0.2) is 0 Å². The lowest BCUT2D eigenvalue weighted by Crippen LogP contribution is -2.32. The highest BCUT2D eigenvalue weighted by Gasteiger charge is 2.18.